The zero-order valence-corrected chi connectivity index (χ0v) is 16.9. The highest BCUT2D eigenvalue weighted by molar-refractivity contribution is 7.89. The lowest BCUT2D eigenvalue weighted by atomic mass is 9.90. The number of sulfonamides is 1. The average Bonchev–Trinajstić information content (AvgIpc) is 3.04. The van der Waals surface area contributed by atoms with Crippen molar-refractivity contribution in [2.24, 2.45) is 5.92 Å². The van der Waals surface area contributed by atoms with Crippen molar-refractivity contribution in [3.8, 4) is 0 Å². The van der Waals surface area contributed by atoms with Crippen LogP contribution in [0.2, 0.25) is 0 Å². The largest absolute Gasteiger partial charge is 0.369 e. The van der Waals surface area contributed by atoms with E-state index in [1.165, 1.54) is 0 Å². The third-order valence-corrected chi connectivity index (χ3v) is 7.46. The SMILES string of the molecule is CC(C)[C@H]1C(=O)Nc2ccc(S(=O)(=O)N3CCN(c4ccccc4)CC3)cc21. The van der Waals surface area contributed by atoms with Crippen LogP contribution in [0.15, 0.2) is 53.4 Å². The summed E-state index contributed by atoms with van der Waals surface area (Å²) >= 11 is 0. The van der Waals surface area contributed by atoms with Gasteiger partial charge in [0.25, 0.3) is 0 Å². The van der Waals surface area contributed by atoms with Gasteiger partial charge in [0.15, 0.2) is 0 Å². The van der Waals surface area contributed by atoms with Gasteiger partial charge in [0.2, 0.25) is 15.9 Å². The number of rotatable bonds is 4. The molecule has 0 aromatic heterocycles. The molecule has 1 N–H and O–H groups in total. The van der Waals surface area contributed by atoms with E-state index in [0.29, 0.717) is 26.2 Å². The Labute approximate surface area is 166 Å². The van der Waals surface area contributed by atoms with E-state index in [2.05, 4.69) is 10.2 Å². The number of carbonyl (C=O) groups excluding carboxylic acids is 1. The molecule has 0 aliphatic carbocycles. The Morgan fingerprint density at radius 3 is 2.32 bits per heavy atom. The second-order valence-electron chi connectivity index (χ2n) is 7.69. The third kappa shape index (κ3) is 3.29. The number of benzene rings is 2. The van der Waals surface area contributed by atoms with E-state index >= 15 is 0 Å². The number of nitrogens with one attached hydrogen (secondary N) is 1. The average molecular weight is 400 g/mol. The molecule has 2 aromatic carbocycles. The quantitative estimate of drug-likeness (QED) is 0.858. The number of para-hydroxylation sites is 1. The lowest BCUT2D eigenvalue weighted by Gasteiger charge is -2.35. The first-order chi connectivity index (χ1) is 13.4. The number of amides is 1. The van der Waals surface area contributed by atoms with Crippen molar-refractivity contribution >= 4 is 27.3 Å². The van der Waals surface area contributed by atoms with Gasteiger partial charge in [-0.2, -0.15) is 4.31 Å². The smallest absolute Gasteiger partial charge is 0.243 e. The predicted molar refractivity (Wildman–Crippen MR) is 110 cm³/mol. The molecule has 0 spiro atoms. The van der Waals surface area contributed by atoms with Crippen molar-refractivity contribution in [2.75, 3.05) is 36.4 Å². The van der Waals surface area contributed by atoms with Crippen LogP contribution in [-0.2, 0) is 14.8 Å². The lowest BCUT2D eigenvalue weighted by molar-refractivity contribution is -0.117. The molecule has 2 aliphatic heterocycles. The van der Waals surface area contributed by atoms with Gasteiger partial charge in [-0.25, -0.2) is 8.42 Å². The highest BCUT2D eigenvalue weighted by Crippen LogP contribution is 2.38. The number of piperazine rings is 1. The highest BCUT2D eigenvalue weighted by Gasteiger charge is 2.35. The summed E-state index contributed by atoms with van der Waals surface area (Å²) in [5.74, 6) is -0.260. The molecule has 0 saturated carbocycles. The summed E-state index contributed by atoms with van der Waals surface area (Å²) in [7, 11) is -3.59. The normalized spacial score (nSPS) is 20.3. The fourth-order valence-electron chi connectivity index (χ4n) is 4.06. The van der Waals surface area contributed by atoms with Gasteiger partial charge in [-0.1, -0.05) is 32.0 Å². The summed E-state index contributed by atoms with van der Waals surface area (Å²) in [6.45, 7) is 6.15. The van der Waals surface area contributed by atoms with Crippen molar-refractivity contribution < 1.29 is 13.2 Å². The molecule has 0 bridgehead atoms. The molecule has 0 radical (unpaired) electrons. The van der Waals surface area contributed by atoms with E-state index in [-0.39, 0.29) is 22.6 Å². The fraction of sp³-hybridized carbons (Fsp3) is 0.381. The van der Waals surface area contributed by atoms with Crippen LogP contribution in [0, 0.1) is 5.92 Å². The molecule has 1 fully saturated rings. The van der Waals surface area contributed by atoms with E-state index in [1.54, 1.807) is 22.5 Å². The summed E-state index contributed by atoms with van der Waals surface area (Å²) in [6, 6.07) is 15.0. The summed E-state index contributed by atoms with van der Waals surface area (Å²) < 4.78 is 27.9. The van der Waals surface area contributed by atoms with E-state index in [1.807, 2.05) is 44.2 Å². The number of hydrogen-bond acceptors (Lipinski definition) is 4. The number of hydrogen-bond donors (Lipinski definition) is 1. The number of fused-ring (bicyclic) bond motifs is 1. The van der Waals surface area contributed by atoms with E-state index in [9.17, 15) is 13.2 Å². The summed E-state index contributed by atoms with van der Waals surface area (Å²) in [4.78, 5) is 14.7. The maximum absolute atomic E-state index is 13.2. The molecule has 2 heterocycles. The predicted octanol–water partition coefficient (Wildman–Crippen LogP) is 2.89. The van der Waals surface area contributed by atoms with Crippen LogP contribution in [0.3, 0.4) is 0 Å². The van der Waals surface area contributed by atoms with Crippen LogP contribution < -0.4 is 10.2 Å². The van der Waals surface area contributed by atoms with Gasteiger partial charge < -0.3 is 10.2 Å². The topological polar surface area (TPSA) is 69.7 Å². The van der Waals surface area contributed by atoms with Crippen molar-refractivity contribution in [1.82, 2.24) is 4.31 Å². The Morgan fingerprint density at radius 2 is 1.68 bits per heavy atom. The van der Waals surface area contributed by atoms with Gasteiger partial charge in [0, 0.05) is 37.6 Å². The first kappa shape index (κ1) is 19.0. The maximum Gasteiger partial charge on any atom is 0.243 e. The van der Waals surface area contributed by atoms with Crippen LogP contribution in [0.25, 0.3) is 0 Å². The third-order valence-electron chi connectivity index (χ3n) is 5.56. The number of anilines is 2. The molecular formula is C21H25N3O3S. The summed E-state index contributed by atoms with van der Waals surface area (Å²) in [5.41, 5.74) is 2.61. The lowest BCUT2D eigenvalue weighted by Crippen LogP contribution is -2.48. The highest BCUT2D eigenvalue weighted by atomic mass is 32.2. The van der Waals surface area contributed by atoms with Crippen molar-refractivity contribution in [3.05, 3.63) is 54.1 Å². The Hall–Kier alpha value is -2.38. The van der Waals surface area contributed by atoms with E-state index in [4.69, 9.17) is 0 Å². The van der Waals surface area contributed by atoms with Crippen LogP contribution in [0.5, 0.6) is 0 Å². The van der Waals surface area contributed by atoms with Gasteiger partial charge in [0.05, 0.1) is 10.8 Å². The van der Waals surface area contributed by atoms with E-state index in [0.717, 1.165) is 16.9 Å². The van der Waals surface area contributed by atoms with Crippen LogP contribution in [0.1, 0.15) is 25.3 Å². The van der Waals surface area contributed by atoms with Crippen LogP contribution in [0.4, 0.5) is 11.4 Å². The van der Waals surface area contributed by atoms with Gasteiger partial charge in [-0.15, -0.1) is 0 Å². The van der Waals surface area contributed by atoms with Gasteiger partial charge in [0.1, 0.15) is 0 Å². The summed E-state index contributed by atoms with van der Waals surface area (Å²) in [5, 5.41) is 2.86. The Kier molecular flexibility index (Phi) is 4.89. The Morgan fingerprint density at radius 1 is 1.00 bits per heavy atom. The van der Waals surface area contributed by atoms with Crippen LogP contribution >= 0.6 is 0 Å². The minimum Gasteiger partial charge on any atom is -0.369 e. The maximum atomic E-state index is 13.2. The molecule has 1 atom stereocenters. The molecule has 28 heavy (non-hydrogen) atoms. The Balaban J connectivity index is 1.55. The monoisotopic (exact) mass is 399 g/mol. The second kappa shape index (κ2) is 7.22. The zero-order valence-electron chi connectivity index (χ0n) is 16.1. The molecular weight excluding hydrogens is 374 g/mol. The van der Waals surface area contributed by atoms with Gasteiger partial charge >= 0.3 is 0 Å². The van der Waals surface area contributed by atoms with Gasteiger partial charge in [-0.05, 0) is 41.8 Å². The molecule has 7 heteroatoms. The molecule has 2 aromatic rings. The molecule has 1 saturated heterocycles. The number of carbonyl (C=O) groups is 1. The first-order valence-electron chi connectivity index (χ1n) is 9.63. The first-order valence-corrected chi connectivity index (χ1v) is 11.1. The zero-order chi connectivity index (χ0) is 19.9. The van der Waals surface area contributed by atoms with Crippen molar-refractivity contribution in [2.45, 2.75) is 24.7 Å². The summed E-state index contributed by atoms with van der Waals surface area (Å²) in [6.07, 6.45) is 0. The standard InChI is InChI=1S/C21H25N3O3S/c1-15(2)20-18-14-17(8-9-19(18)22-21(20)25)28(26,27)24-12-10-23(11-13-24)16-6-4-3-5-7-16/h3-9,14-15,20H,10-13H2,1-2H3,(H,22,25)/t20-/m1/s1. The van der Waals surface area contributed by atoms with Crippen LogP contribution in [-0.4, -0.2) is 44.8 Å². The molecule has 148 valence electrons. The molecule has 2 aliphatic rings. The molecule has 0 unspecified atom stereocenters. The minimum atomic E-state index is -3.59. The Bertz CT molecular complexity index is 981. The second-order valence-corrected chi connectivity index (χ2v) is 9.62. The van der Waals surface area contributed by atoms with E-state index < -0.39 is 10.0 Å². The number of nitrogens with zero attached hydrogens (tertiary/aromatic N) is 2. The molecule has 1 amide bonds. The molecule has 4 rings (SSSR count). The molecule has 6 nitrogen and oxygen atoms in total. The van der Waals surface area contributed by atoms with Gasteiger partial charge in [-0.3, -0.25) is 4.79 Å². The van der Waals surface area contributed by atoms with Crippen molar-refractivity contribution in [3.63, 3.8) is 0 Å². The van der Waals surface area contributed by atoms with Crippen molar-refractivity contribution in [1.29, 1.82) is 0 Å². The minimum absolute atomic E-state index is 0.0592. The fourth-order valence-corrected chi connectivity index (χ4v) is 5.52.